The Morgan fingerprint density at radius 1 is 1.30 bits per heavy atom. The van der Waals surface area contributed by atoms with Crippen molar-refractivity contribution in [1.82, 2.24) is 10.2 Å². The number of β-lactam (4-membered cyclic amide) rings is 1. The molecule has 3 rings (SSSR count). The Labute approximate surface area is 190 Å². The van der Waals surface area contributed by atoms with Crippen molar-refractivity contribution in [3.63, 3.8) is 0 Å². The Balaban J connectivity index is 1.64. The third kappa shape index (κ3) is 5.15. The molecule has 12 heteroatoms. The second kappa shape index (κ2) is 9.23. The number of halogens is 3. The maximum Gasteiger partial charge on any atom is 0.355 e. The molecule has 1 aromatic carbocycles. The highest BCUT2D eigenvalue weighted by molar-refractivity contribution is 7.92. The van der Waals surface area contributed by atoms with Crippen LogP contribution >= 0.6 is 34.8 Å². The predicted molar refractivity (Wildman–Crippen MR) is 111 cm³/mol. The van der Waals surface area contributed by atoms with E-state index in [-0.39, 0.29) is 18.1 Å². The molecule has 0 saturated carbocycles. The molecule has 0 aliphatic carbocycles. The SMILES string of the molecule is CC1=C(C(=O)OCC(Cl)(Cl)Cl)N2C(=O)C(NC(=O)COc3ccccc3)[C@H]2[S+]([O-])C1. The minimum absolute atomic E-state index is 0.0412. The van der Waals surface area contributed by atoms with Gasteiger partial charge in [0.15, 0.2) is 12.6 Å². The summed E-state index contributed by atoms with van der Waals surface area (Å²) in [5.41, 5.74) is 0.356. The molecule has 2 aliphatic heterocycles. The number of para-hydroxylation sites is 1. The van der Waals surface area contributed by atoms with Crippen molar-refractivity contribution in [2.24, 2.45) is 0 Å². The highest BCUT2D eigenvalue weighted by Crippen LogP contribution is 2.37. The van der Waals surface area contributed by atoms with Crippen LogP contribution in [0.15, 0.2) is 41.6 Å². The summed E-state index contributed by atoms with van der Waals surface area (Å²) in [5.74, 6) is -1.47. The zero-order chi connectivity index (χ0) is 22.1. The van der Waals surface area contributed by atoms with Crippen LogP contribution < -0.4 is 10.1 Å². The lowest BCUT2D eigenvalue weighted by atomic mass is 10.0. The lowest BCUT2D eigenvalue weighted by Gasteiger charge is -2.49. The summed E-state index contributed by atoms with van der Waals surface area (Å²) in [6.07, 6.45) is 0. The minimum atomic E-state index is -1.81. The van der Waals surface area contributed by atoms with Gasteiger partial charge in [-0.3, -0.25) is 14.5 Å². The van der Waals surface area contributed by atoms with E-state index in [1.165, 1.54) is 0 Å². The Morgan fingerprint density at radius 3 is 2.60 bits per heavy atom. The van der Waals surface area contributed by atoms with Crippen LogP contribution in [0.5, 0.6) is 5.75 Å². The van der Waals surface area contributed by atoms with Gasteiger partial charge in [-0.05, 0) is 30.2 Å². The Bertz CT molecular complexity index is 876. The summed E-state index contributed by atoms with van der Waals surface area (Å²) in [5, 5.41) is 1.62. The first-order chi connectivity index (χ1) is 14.1. The monoisotopic (exact) mass is 494 g/mol. The van der Waals surface area contributed by atoms with E-state index in [4.69, 9.17) is 44.3 Å². The van der Waals surface area contributed by atoms with Gasteiger partial charge in [-0.15, -0.1) is 0 Å². The van der Waals surface area contributed by atoms with Crippen LogP contribution in [0.4, 0.5) is 0 Å². The van der Waals surface area contributed by atoms with Crippen LogP contribution in [0, 0.1) is 0 Å². The summed E-state index contributed by atoms with van der Waals surface area (Å²) < 4.78 is 21.0. The number of nitrogens with one attached hydrogen (secondary N) is 1. The largest absolute Gasteiger partial charge is 0.614 e. The molecule has 2 heterocycles. The van der Waals surface area contributed by atoms with E-state index in [9.17, 15) is 18.9 Å². The lowest BCUT2D eigenvalue weighted by molar-refractivity contribution is -0.153. The van der Waals surface area contributed by atoms with Crippen LogP contribution in [-0.2, 0) is 30.3 Å². The van der Waals surface area contributed by atoms with Gasteiger partial charge >= 0.3 is 5.97 Å². The zero-order valence-electron chi connectivity index (χ0n) is 15.6. The molecule has 0 aromatic heterocycles. The predicted octanol–water partition coefficient (Wildman–Crippen LogP) is 1.67. The Hall–Kier alpha value is -1.65. The number of carbonyl (C=O) groups excluding carboxylic acids is 3. The molecule has 3 atom stereocenters. The van der Waals surface area contributed by atoms with Crippen molar-refractivity contribution < 1.29 is 28.4 Å². The van der Waals surface area contributed by atoms with Crippen molar-refractivity contribution in [3.8, 4) is 5.75 Å². The van der Waals surface area contributed by atoms with Gasteiger partial charge in [-0.2, -0.15) is 0 Å². The number of alkyl halides is 3. The topological polar surface area (TPSA) is 108 Å². The normalized spacial score (nSPS) is 23.4. The number of esters is 1. The van der Waals surface area contributed by atoms with Gasteiger partial charge in [0.1, 0.15) is 23.8 Å². The quantitative estimate of drug-likeness (QED) is 0.278. The van der Waals surface area contributed by atoms with Crippen molar-refractivity contribution >= 4 is 63.8 Å². The molecular formula is C18H17Cl3N2O6S. The molecule has 8 nitrogen and oxygen atoms in total. The number of nitrogens with zero attached hydrogens (tertiary/aromatic N) is 1. The summed E-state index contributed by atoms with van der Waals surface area (Å²) in [4.78, 5) is 38.3. The first kappa shape index (κ1) is 23.0. The summed E-state index contributed by atoms with van der Waals surface area (Å²) in [6, 6.07) is 7.64. The maximum absolute atomic E-state index is 12.6. The van der Waals surface area contributed by atoms with E-state index >= 15 is 0 Å². The molecular weight excluding hydrogens is 479 g/mol. The van der Waals surface area contributed by atoms with Gasteiger partial charge in [-0.25, -0.2) is 4.79 Å². The highest BCUT2D eigenvalue weighted by atomic mass is 35.6. The average Bonchev–Trinajstić information content (AvgIpc) is 2.68. The van der Waals surface area contributed by atoms with E-state index in [1.54, 1.807) is 37.3 Å². The number of benzene rings is 1. The van der Waals surface area contributed by atoms with Crippen LogP contribution in [0.2, 0.25) is 0 Å². The molecule has 2 aliphatic rings. The number of ether oxygens (including phenoxy) is 2. The molecule has 1 N–H and O–H groups in total. The molecule has 30 heavy (non-hydrogen) atoms. The molecule has 0 radical (unpaired) electrons. The third-order valence-corrected chi connectivity index (χ3v) is 6.37. The third-order valence-electron chi connectivity index (χ3n) is 4.31. The molecule has 2 amide bonds. The standard InChI is InChI=1S/C18H17Cl3N2O6S/c1-10-8-30(27)16-13(22-12(24)7-28-11-5-3-2-4-6-11)15(25)23(16)14(10)17(26)29-9-18(19,20)21/h2-6,13,16H,7-9H2,1H3,(H,22,24)/t13?,16-,30?/m1/s1. The van der Waals surface area contributed by atoms with E-state index in [2.05, 4.69) is 5.32 Å². The van der Waals surface area contributed by atoms with E-state index in [0.717, 1.165) is 4.90 Å². The molecule has 1 saturated heterocycles. The lowest BCUT2D eigenvalue weighted by Crippen LogP contribution is -2.75. The fourth-order valence-electron chi connectivity index (χ4n) is 3.05. The summed E-state index contributed by atoms with van der Waals surface area (Å²) >= 11 is 15.2. The fraction of sp³-hybridized carbons (Fsp3) is 0.389. The fourth-order valence-corrected chi connectivity index (χ4v) is 4.88. The van der Waals surface area contributed by atoms with Gasteiger partial charge in [-0.1, -0.05) is 53.0 Å². The van der Waals surface area contributed by atoms with Crippen LogP contribution in [0.1, 0.15) is 6.92 Å². The number of hydrogen-bond acceptors (Lipinski definition) is 6. The van der Waals surface area contributed by atoms with E-state index in [1.807, 2.05) is 0 Å². The number of amides is 2. The average molecular weight is 496 g/mol. The zero-order valence-corrected chi connectivity index (χ0v) is 18.7. The Morgan fingerprint density at radius 2 is 1.97 bits per heavy atom. The highest BCUT2D eigenvalue weighted by Gasteiger charge is 2.60. The second-order valence-electron chi connectivity index (χ2n) is 6.59. The first-order valence-corrected chi connectivity index (χ1v) is 11.2. The molecule has 162 valence electrons. The minimum Gasteiger partial charge on any atom is -0.614 e. The van der Waals surface area contributed by atoms with Crippen molar-refractivity contribution in [3.05, 3.63) is 41.6 Å². The van der Waals surface area contributed by atoms with Gasteiger partial charge in [0, 0.05) is 5.57 Å². The van der Waals surface area contributed by atoms with Gasteiger partial charge in [0.25, 0.3) is 11.8 Å². The van der Waals surface area contributed by atoms with Gasteiger partial charge in [0.05, 0.1) is 0 Å². The van der Waals surface area contributed by atoms with Crippen molar-refractivity contribution in [2.75, 3.05) is 19.0 Å². The number of fused-ring (bicyclic) bond motifs is 1. The van der Waals surface area contributed by atoms with E-state index in [0.29, 0.717) is 11.3 Å². The molecule has 1 fully saturated rings. The number of carbonyl (C=O) groups is 3. The van der Waals surface area contributed by atoms with Gasteiger partial charge < -0.3 is 19.3 Å². The molecule has 2 unspecified atom stereocenters. The summed E-state index contributed by atoms with van der Waals surface area (Å²) in [6.45, 7) is 0.729. The molecule has 0 bridgehead atoms. The number of rotatable bonds is 6. The number of hydrogen-bond donors (Lipinski definition) is 1. The van der Waals surface area contributed by atoms with E-state index < -0.39 is 50.8 Å². The van der Waals surface area contributed by atoms with Crippen LogP contribution in [0.25, 0.3) is 0 Å². The smallest absolute Gasteiger partial charge is 0.355 e. The van der Waals surface area contributed by atoms with Crippen molar-refractivity contribution in [2.45, 2.75) is 22.1 Å². The molecule has 0 spiro atoms. The van der Waals surface area contributed by atoms with Crippen LogP contribution in [0.3, 0.4) is 0 Å². The second-order valence-corrected chi connectivity index (χ2v) is 10.6. The molecule has 1 aromatic rings. The van der Waals surface area contributed by atoms with Crippen molar-refractivity contribution in [1.29, 1.82) is 0 Å². The summed E-state index contributed by atoms with van der Waals surface area (Å²) in [7, 11) is 0. The maximum atomic E-state index is 12.6. The van der Waals surface area contributed by atoms with Crippen LogP contribution in [-0.4, -0.2) is 61.4 Å². The Kier molecular flexibility index (Phi) is 7.09. The first-order valence-electron chi connectivity index (χ1n) is 8.69. The van der Waals surface area contributed by atoms with Gasteiger partial charge in [0.2, 0.25) is 9.17 Å².